The van der Waals surface area contributed by atoms with Crippen LogP contribution in [0.2, 0.25) is 0 Å². The van der Waals surface area contributed by atoms with Crippen molar-refractivity contribution in [1.82, 2.24) is 34.8 Å². The van der Waals surface area contributed by atoms with Crippen LogP contribution in [0.4, 0.5) is 9.18 Å². The summed E-state index contributed by atoms with van der Waals surface area (Å²) < 4.78 is 21.8. The van der Waals surface area contributed by atoms with Gasteiger partial charge in [-0.05, 0) is 32.5 Å². The summed E-state index contributed by atoms with van der Waals surface area (Å²) in [6, 6.07) is 5.75. The third-order valence-corrected chi connectivity index (χ3v) is 4.79. The molecule has 2 aromatic heterocycles. The third kappa shape index (κ3) is 5.20. The topological polar surface area (TPSA) is 90.1 Å². The molecule has 0 aliphatic carbocycles. The maximum atomic E-state index is 13.7. The zero-order valence-electron chi connectivity index (χ0n) is 17.8. The monoisotopic (exact) mass is 449 g/mol. The van der Waals surface area contributed by atoms with Crippen molar-refractivity contribution in [2.45, 2.75) is 33.4 Å². The minimum absolute atomic E-state index is 0.0345. The molecule has 1 N–H and O–H groups in total. The maximum Gasteiger partial charge on any atom is 0.342 e. The molecular formula is C20H25ClFN7O2. The smallest absolute Gasteiger partial charge is 0.342 e. The molecule has 0 fully saturated rings. The quantitative estimate of drug-likeness (QED) is 0.419. The summed E-state index contributed by atoms with van der Waals surface area (Å²) in [6.45, 7) is 6.84. The molecule has 1 aromatic carbocycles. The van der Waals surface area contributed by atoms with Gasteiger partial charge >= 0.3 is 6.03 Å². The Morgan fingerprint density at radius 2 is 2.10 bits per heavy atom. The van der Waals surface area contributed by atoms with E-state index in [0.29, 0.717) is 41.3 Å². The van der Waals surface area contributed by atoms with E-state index >= 15 is 0 Å². The van der Waals surface area contributed by atoms with Gasteiger partial charge in [-0.2, -0.15) is 9.36 Å². The molecule has 0 bridgehead atoms. The second-order valence-corrected chi connectivity index (χ2v) is 7.33. The SMILES string of the molecule is CCN(CCl)Cc1nc(-c2ccc(F)cc2OC)n(-c2ccn(C(=O)NC(C)C)n2)n1. The van der Waals surface area contributed by atoms with Crippen LogP contribution in [0.5, 0.6) is 5.75 Å². The number of nitrogens with zero attached hydrogens (tertiary/aromatic N) is 6. The van der Waals surface area contributed by atoms with Crippen LogP contribution in [0.15, 0.2) is 30.5 Å². The van der Waals surface area contributed by atoms with Gasteiger partial charge < -0.3 is 10.1 Å². The lowest BCUT2D eigenvalue weighted by Crippen LogP contribution is -2.34. The number of nitrogens with one attached hydrogen (secondary N) is 1. The van der Waals surface area contributed by atoms with Crippen molar-refractivity contribution >= 4 is 17.6 Å². The summed E-state index contributed by atoms with van der Waals surface area (Å²) in [5, 5.41) is 11.7. The first kappa shape index (κ1) is 22.7. The Hall–Kier alpha value is -2.98. The fourth-order valence-corrected chi connectivity index (χ4v) is 3.15. The molecule has 0 spiro atoms. The van der Waals surface area contributed by atoms with Gasteiger partial charge in [-0.1, -0.05) is 6.92 Å². The molecule has 0 atom stereocenters. The van der Waals surface area contributed by atoms with Gasteiger partial charge in [-0.15, -0.1) is 21.8 Å². The first-order valence-corrected chi connectivity index (χ1v) is 10.3. The molecule has 31 heavy (non-hydrogen) atoms. The maximum absolute atomic E-state index is 13.7. The van der Waals surface area contributed by atoms with Gasteiger partial charge in [-0.3, -0.25) is 4.90 Å². The zero-order chi connectivity index (χ0) is 22.5. The number of carbonyl (C=O) groups excluding carboxylic acids is 1. The number of ether oxygens (including phenoxy) is 1. The van der Waals surface area contributed by atoms with E-state index in [1.165, 1.54) is 34.8 Å². The van der Waals surface area contributed by atoms with Crippen LogP contribution in [-0.4, -0.2) is 61.2 Å². The molecule has 3 aromatic rings. The summed E-state index contributed by atoms with van der Waals surface area (Å²) in [5.41, 5.74) is 0.540. The van der Waals surface area contributed by atoms with Gasteiger partial charge in [-0.25, -0.2) is 14.2 Å². The summed E-state index contributed by atoms with van der Waals surface area (Å²) >= 11 is 5.98. The molecule has 0 unspecified atom stereocenters. The number of hydrogen-bond acceptors (Lipinski definition) is 6. The van der Waals surface area contributed by atoms with Crippen molar-refractivity contribution in [1.29, 1.82) is 0 Å². The van der Waals surface area contributed by atoms with E-state index in [2.05, 4.69) is 20.5 Å². The molecular weight excluding hydrogens is 425 g/mol. The molecule has 0 radical (unpaired) electrons. The fraction of sp³-hybridized carbons (Fsp3) is 0.400. The van der Waals surface area contributed by atoms with Crippen LogP contribution < -0.4 is 10.1 Å². The molecule has 0 saturated carbocycles. The predicted octanol–water partition coefficient (Wildman–Crippen LogP) is 3.26. The first-order valence-electron chi connectivity index (χ1n) is 9.81. The van der Waals surface area contributed by atoms with Gasteiger partial charge in [0, 0.05) is 24.4 Å². The lowest BCUT2D eigenvalue weighted by atomic mass is 10.2. The van der Waals surface area contributed by atoms with Crippen molar-refractivity contribution in [3.8, 4) is 23.0 Å². The molecule has 0 aliphatic rings. The Bertz CT molecular complexity index is 1050. The van der Waals surface area contributed by atoms with Gasteiger partial charge in [0.25, 0.3) is 0 Å². The van der Waals surface area contributed by atoms with Gasteiger partial charge in [0.2, 0.25) is 0 Å². The van der Waals surface area contributed by atoms with E-state index in [1.54, 1.807) is 12.1 Å². The van der Waals surface area contributed by atoms with Crippen molar-refractivity contribution < 1.29 is 13.9 Å². The number of carbonyl (C=O) groups is 1. The number of benzene rings is 1. The second kappa shape index (κ2) is 9.88. The summed E-state index contributed by atoms with van der Waals surface area (Å²) in [4.78, 5) is 18.9. The largest absolute Gasteiger partial charge is 0.496 e. The lowest BCUT2D eigenvalue weighted by Gasteiger charge is -2.13. The summed E-state index contributed by atoms with van der Waals surface area (Å²) in [7, 11) is 1.46. The molecule has 0 saturated heterocycles. The number of methoxy groups -OCH3 is 1. The molecule has 2 heterocycles. The molecule has 1 amide bonds. The van der Waals surface area contributed by atoms with E-state index in [0.717, 1.165) is 6.54 Å². The minimum atomic E-state index is -0.430. The lowest BCUT2D eigenvalue weighted by molar-refractivity contribution is 0.237. The van der Waals surface area contributed by atoms with Crippen LogP contribution in [-0.2, 0) is 6.54 Å². The van der Waals surface area contributed by atoms with Crippen LogP contribution in [0.3, 0.4) is 0 Å². The number of rotatable bonds is 8. The van der Waals surface area contributed by atoms with Crippen molar-refractivity contribution in [3.63, 3.8) is 0 Å². The number of aromatic nitrogens is 5. The van der Waals surface area contributed by atoms with Crippen molar-refractivity contribution in [2.75, 3.05) is 19.7 Å². The van der Waals surface area contributed by atoms with Gasteiger partial charge in [0.05, 0.1) is 25.2 Å². The van der Waals surface area contributed by atoms with E-state index in [-0.39, 0.29) is 12.1 Å². The second-order valence-electron chi connectivity index (χ2n) is 7.10. The van der Waals surface area contributed by atoms with Crippen LogP contribution in [0.1, 0.15) is 26.6 Å². The first-order chi connectivity index (χ1) is 14.9. The van der Waals surface area contributed by atoms with Crippen molar-refractivity contribution in [2.24, 2.45) is 0 Å². The van der Waals surface area contributed by atoms with Gasteiger partial charge in [0.1, 0.15) is 11.6 Å². The molecule has 9 nitrogen and oxygen atoms in total. The zero-order valence-corrected chi connectivity index (χ0v) is 18.6. The number of amides is 1. The summed E-state index contributed by atoms with van der Waals surface area (Å²) in [6.07, 6.45) is 1.54. The average Bonchev–Trinajstić information content (AvgIpc) is 3.38. The number of hydrogen-bond donors (Lipinski definition) is 1. The number of alkyl halides is 1. The molecule has 0 aliphatic heterocycles. The predicted molar refractivity (Wildman–Crippen MR) is 115 cm³/mol. The van der Waals surface area contributed by atoms with E-state index in [4.69, 9.17) is 16.3 Å². The van der Waals surface area contributed by atoms with Crippen LogP contribution in [0, 0.1) is 5.82 Å². The fourth-order valence-electron chi connectivity index (χ4n) is 2.90. The van der Waals surface area contributed by atoms with Gasteiger partial charge in [0.15, 0.2) is 17.5 Å². The Labute approximate surface area is 184 Å². The minimum Gasteiger partial charge on any atom is -0.496 e. The Morgan fingerprint density at radius 1 is 1.32 bits per heavy atom. The highest BCUT2D eigenvalue weighted by Gasteiger charge is 2.21. The van der Waals surface area contributed by atoms with Crippen LogP contribution in [0.25, 0.3) is 17.2 Å². The normalized spacial score (nSPS) is 11.4. The van der Waals surface area contributed by atoms with Crippen LogP contribution >= 0.6 is 11.6 Å². The Kier molecular flexibility index (Phi) is 7.24. The third-order valence-electron chi connectivity index (χ3n) is 4.45. The standard InChI is InChI=1S/C20H25ClFN7O2/c1-5-27(12-21)11-17-24-19(15-7-6-14(22)10-16(15)31-4)29(25-17)18-8-9-28(26-18)20(30)23-13(2)3/h6-10,13H,5,11-12H2,1-4H3,(H,23,30). The average molecular weight is 450 g/mol. The van der Waals surface area contributed by atoms with E-state index in [1.807, 2.05) is 25.7 Å². The Morgan fingerprint density at radius 3 is 2.74 bits per heavy atom. The van der Waals surface area contributed by atoms with Crippen molar-refractivity contribution in [3.05, 3.63) is 42.1 Å². The molecule has 166 valence electrons. The molecule has 3 rings (SSSR count). The summed E-state index contributed by atoms with van der Waals surface area (Å²) in [5.74, 6) is 1.17. The highest BCUT2D eigenvalue weighted by atomic mass is 35.5. The highest BCUT2D eigenvalue weighted by molar-refractivity contribution is 6.17. The highest BCUT2D eigenvalue weighted by Crippen LogP contribution is 2.30. The number of halogens is 2. The van der Waals surface area contributed by atoms with E-state index in [9.17, 15) is 9.18 Å². The Balaban J connectivity index is 2.07. The molecule has 11 heteroatoms. The van der Waals surface area contributed by atoms with E-state index < -0.39 is 5.82 Å².